The Bertz CT molecular complexity index is 882. The monoisotopic (exact) mass is 380 g/mol. The number of unbranched alkanes of at least 4 members (excludes halogenated alkanes) is 1. The molecule has 0 radical (unpaired) electrons. The van der Waals surface area contributed by atoms with Crippen molar-refractivity contribution in [2.45, 2.75) is 67.2 Å². The molecule has 28 heavy (non-hydrogen) atoms. The maximum Gasteiger partial charge on any atom is 0.161 e. The third-order valence-corrected chi connectivity index (χ3v) is 4.73. The van der Waals surface area contributed by atoms with E-state index in [0.717, 1.165) is 70.8 Å². The van der Waals surface area contributed by atoms with Crippen LogP contribution in [-0.4, -0.2) is 15.8 Å². The van der Waals surface area contributed by atoms with E-state index in [1.807, 2.05) is 45.9 Å². The summed E-state index contributed by atoms with van der Waals surface area (Å²) >= 11 is 0. The van der Waals surface area contributed by atoms with Gasteiger partial charge in [0.2, 0.25) is 0 Å². The van der Waals surface area contributed by atoms with E-state index in [9.17, 15) is 5.11 Å². The van der Waals surface area contributed by atoms with Crippen LogP contribution in [0.2, 0.25) is 0 Å². The molecule has 2 aromatic rings. The SMILES string of the molecule is CCC/C=C(/O/N=C(\C)c1cc(C)nc(CC)c1)c1cc(C)c(O)c(CC)c1. The quantitative estimate of drug-likeness (QED) is 0.341. The number of phenolic OH excluding ortho intramolecular Hbond substituents is 1. The highest BCUT2D eigenvalue weighted by Crippen LogP contribution is 2.29. The molecule has 0 aliphatic heterocycles. The Labute approximate surface area is 169 Å². The molecule has 0 aliphatic rings. The zero-order valence-electron chi connectivity index (χ0n) is 18.0. The number of benzene rings is 1. The molecule has 0 atom stereocenters. The normalized spacial score (nSPS) is 12.4. The molecule has 4 nitrogen and oxygen atoms in total. The molecule has 1 aromatic heterocycles. The Kier molecular flexibility index (Phi) is 7.80. The number of aromatic nitrogens is 1. The van der Waals surface area contributed by atoms with Gasteiger partial charge in [0, 0.05) is 22.5 Å². The molecular weight excluding hydrogens is 348 g/mol. The van der Waals surface area contributed by atoms with Gasteiger partial charge in [0.15, 0.2) is 5.76 Å². The summed E-state index contributed by atoms with van der Waals surface area (Å²) in [5.74, 6) is 1.08. The number of hydrogen-bond donors (Lipinski definition) is 1. The molecule has 0 saturated heterocycles. The average Bonchev–Trinajstić information content (AvgIpc) is 2.69. The van der Waals surface area contributed by atoms with Gasteiger partial charge in [-0.1, -0.05) is 32.3 Å². The van der Waals surface area contributed by atoms with E-state index >= 15 is 0 Å². The molecule has 1 heterocycles. The largest absolute Gasteiger partial charge is 0.507 e. The summed E-state index contributed by atoms with van der Waals surface area (Å²) < 4.78 is 0. The van der Waals surface area contributed by atoms with E-state index in [4.69, 9.17) is 4.84 Å². The van der Waals surface area contributed by atoms with Crippen LogP contribution in [0, 0.1) is 13.8 Å². The van der Waals surface area contributed by atoms with Crippen LogP contribution in [0.5, 0.6) is 5.75 Å². The van der Waals surface area contributed by atoms with Gasteiger partial charge >= 0.3 is 0 Å². The predicted octanol–water partition coefficient (Wildman–Crippen LogP) is 6.11. The van der Waals surface area contributed by atoms with Crippen molar-refractivity contribution in [2.75, 3.05) is 0 Å². The smallest absolute Gasteiger partial charge is 0.161 e. The van der Waals surface area contributed by atoms with Gasteiger partial charge in [-0.25, -0.2) is 0 Å². The zero-order chi connectivity index (χ0) is 20.7. The fourth-order valence-electron chi connectivity index (χ4n) is 3.05. The molecule has 0 saturated carbocycles. The average molecular weight is 381 g/mol. The van der Waals surface area contributed by atoms with Crippen molar-refractivity contribution in [3.63, 3.8) is 0 Å². The Morgan fingerprint density at radius 3 is 2.46 bits per heavy atom. The number of rotatable bonds is 8. The lowest BCUT2D eigenvalue weighted by Crippen LogP contribution is -2.01. The topological polar surface area (TPSA) is 54.7 Å². The Morgan fingerprint density at radius 2 is 1.82 bits per heavy atom. The second-order valence-electron chi connectivity index (χ2n) is 7.12. The summed E-state index contributed by atoms with van der Waals surface area (Å²) in [5.41, 5.74) is 6.57. The van der Waals surface area contributed by atoms with Gasteiger partial charge < -0.3 is 9.94 Å². The van der Waals surface area contributed by atoms with Gasteiger partial charge in [-0.3, -0.25) is 4.98 Å². The van der Waals surface area contributed by atoms with Crippen molar-refractivity contribution in [1.29, 1.82) is 0 Å². The highest BCUT2D eigenvalue weighted by molar-refractivity contribution is 5.98. The van der Waals surface area contributed by atoms with Gasteiger partial charge in [0.05, 0.1) is 5.71 Å². The lowest BCUT2D eigenvalue weighted by atomic mass is 10.0. The first kappa shape index (κ1) is 21.7. The van der Waals surface area contributed by atoms with Crippen molar-refractivity contribution < 1.29 is 9.94 Å². The molecule has 0 amide bonds. The maximum atomic E-state index is 10.2. The molecule has 0 spiro atoms. The van der Waals surface area contributed by atoms with Crippen LogP contribution in [0.4, 0.5) is 0 Å². The van der Waals surface area contributed by atoms with Crippen molar-refractivity contribution in [3.8, 4) is 5.75 Å². The minimum atomic E-state index is 0.361. The van der Waals surface area contributed by atoms with Crippen LogP contribution in [0.1, 0.15) is 74.2 Å². The van der Waals surface area contributed by atoms with Crippen molar-refractivity contribution in [3.05, 3.63) is 64.0 Å². The molecule has 0 unspecified atom stereocenters. The van der Waals surface area contributed by atoms with Crippen LogP contribution in [-0.2, 0) is 17.7 Å². The van der Waals surface area contributed by atoms with Crippen LogP contribution in [0.25, 0.3) is 5.76 Å². The molecule has 0 aliphatic carbocycles. The highest BCUT2D eigenvalue weighted by atomic mass is 16.6. The Hall–Kier alpha value is -2.62. The van der Waals surface area contributed by atoms with Gasteiger partial charge in [-0.05, 0) is 81.5 Å². The Morgan fingerprint density at radius 1 is 1.07 bits per heavy atom. The number of phenols is 1. The first-order chi connectivity index (χ1) is 13.4. The lowest BCUT2D eigenvalue weighted by Gasteiger charge is -2.12. The third kappa shape index (κ3) is 5.44. The van der Waals surface area contributed by atoms with Gasteiger partial charge in [0.25, 0.3) is 0 Å². The van der Waals surface area contributed by atoms with E-state index in [1.54, 1.807) is 0 Å². The summed E-state index contributed by atoms with van der Waals surface area (Å²) in [6.07, 6.45) is 5.64. The van der Waals surface area contributed by atoms with Gasteiger partial charge in [-0.15, -0.1) is 0 Å². The maximum absolute atomic E-state index is 10.2. The van der Waals surface area contributed by atoms with Gasteiger partial charge in [-0.2, -0.15) is 0 Å². The first-order valence-electron chi connectivity index (χ1n) is 10.1. The van der Waals surface area contributed by atoms with Crippen LogP contribution < -0.4 is 0 Å². The van der Waals surface area contributed by atoms with E-state index in [1.165, 1.54) is 0 Å². The molecule has 0 bridgehead atoms. The molecule has 1 aromatic carbocycles. The van der Waals surface area contributed by atoms with Crippen LogP contribution >= 0.6 is 0 Å². The molecule has 150 valence electrons. The fraction of sp³-hybridized carbons (Fsp3) is 0.417. The van der Waals surface area contributed by atoms with Crippen molar-refractivity contribution in [1.82, 2.24) is 4.98 Å². The predicted molar refractivity (Wildman–Crippen MR) is 117 cm³/mol. The number of hydrogen-bond acceptors (Lipinski definition) is 4. The molecule has 4 heteroatoms. The van der Waals surface area contributed by atoms with Crippen molar-refractivity contribution >= 4 is 11.5 Å². The summed E-state index contributed by atoms with van der Waals surface area (Å²) in [6.45, 7) is 12.1. The van der Waals surface area contributed by atoms with Crippen LogP contribution in [0.15, 0.2) is 35.5 Å². The second-order valence-corrected chi connectivity index (χ2v) is 7.12. The highest BCUT2D eigenvalue weighted by Gasteiger charge is 2.11. The molecule has 0 fully saturated rings. The third-order valence-electron chi connectivity index (χ3n) is 4.73. The zero-order valence-corrected chi connectivity index (χ0v) is 18.0. The molecule has 2 rings (SSSR count). The second kappa shape index (κ2) is 10.1. The van der Waals surface area contributed by atoms with Gasteiger partial charge in [0.1, 0.15) is 5.75 Å². The first-order valence-corrected chi connectivity index (χ1v) is 10.1. The van der Waals surface area contributed by atoms with Crippen molar-refractivity contribution in [2.24, 2.45) is 5.16 Å². The minimum Gasteiger partial charge on any atom is -0.507 e. The molecule has 1 N–H and O–H groups in total. The van der Waals surface area contributed by atoms with E-state index < -0.39 is 0 Å². The Balaban J connectivity index is 2.37. The van der Waals surface area contributed by atoms with E-state index in [0.29, 0.717) is 5.75 Å². The fourth-order valence-corrected chi connectivity index (χ4v) is 3.05. The summed E-state index contributed by atoms with van der Waals surface area (Å²) in [6, 6.07) is 8.02. The number of allylic oxidation sites excluding steroid dienone is 1. The van der Waals surface area contributed by atoms with E-state index in [-0.39, 0.29) is 0 Å². The lowest BCUT2D eigenvalue weighted by molar-refractivity contribution is 0.296. The van der Waals surface area contributed by atoms with E-state index in [2.05, 4.69) is 36.1 Å². The number of oxime groups is 1. The number of pyridine rings is 1. The van der Waals surface area contributed by atoms with Crippen LogP contribution in [0.3, 0.4) is 0 Å². The summed E-state index contributed by atoms with van der Waals surface area (Å²) in [7, 11) is 0. The summed E-state index contributed by atoms with van der Waals surface area (Å²) in [4.78, 5) is 10.4. The number of nitrogens with zero attached hydrogens (tertiary/aromatic N) is 2. The minimum absolute atomic E-state index is 0.361. The number of aryl methyl sites for hydroxylation is 4. The molecular formula is C24H32N2O2. The summed E-state index contributed by atoms with van der Waals surface area (Å²) in [5, 5.41) is 14.6. The standard InChI is InChI=1S/C24H32N2O2/c1-7-10-11-23(21-12-16(4)24(27)19(8-2)14-21)28-26-18(6)20-13-17(5)25-22(9-3)15-20/h11-15,27H,7-10H2,1-6H3/b23-11+,26-18+. The number of aromatic hydroxyl groups is 1.